The summed E-state index contributed by atoms with van der Waals surface area (Å²) in [5.41, 5.74) is 0. The summed E-state index contributed by atoms with van der Waals surface area (Å²) in [6.45, 7) is 4.36. The van der Waals surface area contributed by atoms with E-state index in [1.807, 2.05) is 6.08 Å². The van der Waals surface area contributed by atoms with E-state index in [2.05, 4.69) is 55.6 Å². The third-order valence-corrected chi connectivity index (χ3v) is 19.4. The Balaban J connectivity index is 1.92. The topological polar surface area (TPSA) is 175 Å². The summed E-state index contributed by atoms with van der Waals surface area (Å²) in [5.74, 6) is -0.172. The van der Waals surface area contributed by atoms with E-state index in [1.165, 1.54) is 315 Å². The van der Waals surface area contributed by atoms with Gasteiger partial charge in [0.2, 0.25) is 5.91 Å². The lowest BCUT2D eigenvalue weighted by atomic mass is 9.99. The van der Waals surface area contributed by atoms with E-state index in [9.17, 15) is 35.1 Å². The molecule has 0 aromatic heterocycles. The third-order valence-electron chi connectivity index (χ3n) is 19.4. The molecule has 94 heavy (non-hydrogen) atoms. The fraction of sp³-hybridized carbons (Fsp3) is 0.880. The standard InChI is InChI=1S/C83H155NO10/c1-3-5-7-9-11-13-15-17-43-46-49-53-57-61-65-69-76(86)75(74-93-83-82(91)81(90)80(89)77(73-85)94-83)84-78(87)70-66-62-58-54-50-47-44-41-39-37-35-33-31-29-27-25-23-21-19-18-20-22-24-26-28-30-32-34-36-38-40-42-45-48-52-56-60-64-68-72-92-79(88)71-67-63-59-55-51-16-14-12-10-8-6-4-2/h15,17-19,49,53,65,69,75-77,80-83,85-86,89-91H,3-14,16,20-48,50-52,54-64,66-68,70-74H2,1-2H3,(H,84,87)/b17-15+,19-18-,53-49+,69-65+. The van der Waals surface area contributed by atoms with Gasteiger partial charge < -0.3 is 45.1 Å². The fourth-order valence-corrected chi connectivity index (χ4v) is 13.0. The molecule has 1 fully saturated rings. The molecule has 7 unspecified atom stereocenters. The molecule has 1 heterocycles. The number of carbonyl (C=O) groups excluding carboxylic acids is 2. The SMILES string of the molecule is CCCCCCC/C=C/CC/C=C/CC/C=C/C(O)C(COC1OC(CO)C(O)C(O)C1O)NC(=O)CCCCCCCCCCCCCCCCCCC/C=C\CCCCCCCCCCCCCCCCCCCCOC(=O)CCCCCCCCCCCCCC. The van der Waals surface area contributed by atoms with Crippen molar-refractivity contribution in [2.24, 2.45) is 0 Å². The Hall–Kier alpha value is -2.38. The molecule has 0 aromatic rings. The van der Waals surface area contributed by atoms with Crippen LogP contribution in [-0.2, 0) is 23.8 Å². The molecular formula is C83H155NO10. The third kappa shape index (κ3) is 59.7. The molecule has 0 spiro atoms. The maximum Gasteiger partial charge on any atom is 0.305 e. The zero-order valence-electron chi connectivity index (χ0n) is 61.7. The van der Waals surface area contributed by atoms with Crippen LogP contribution >= 0.6 is 0 Å². The van der Waals surface area contributed by atoms with Crippen LogP contribution in [0.15, 0.2) is 48.6 Å². The number of nitrogens with one attached hydrogen (secondary N) is 1. The van der Waals surface area contributed by atoms with E-state index in [-0.39, 0.29) is 18.5 Å². The molecule has 0 saturated carbocycles. The van der Waals surface area contributed by atoms with Crippen molar-refractivity contribution in [1.29, 1.82) is 0 Å². The van der Waals surface area contributed by atoms with Crippen LogP contribution in [0.3, 0.4) is 0 Å². The van der Waals surface area contributed by atoms with Crippen LogP contribution in [0.25, 0.3) is 0 Å². The smallest absolute Gasteiger partial charge is 0.305 e. The largest absolute Gasteiger partial charge is 0.466 e. The van der Waals surface area contributed by atoms with Gasteiger partial charge in [0, 0.05) is 12.8 Å². The lowest BCUT2D eigenvalue weighted by Crippen LogP contribution is -2.60. The summed E-state index contributed by atoms with van der Waals surface area (Å²) in [6.07, 6.45) is 85.8. The Morgan fingerprint density at radius 2 is 0.691 bits per heavy atom. The van der Waals surface area contributed by atoms with E-state index in [1.54, 1.807) is 6.08 Å². The predicted molar refractivity (Wildman–Crippen MR) is 398 cm³/mol. The summed E-state index contributed by atoms with van der Waals surface area (Å²) >= 11 is 0. The molecule has 11 nitrogen and oxygen atoms in total. The molecule has 0 aromatic carbocycles. The maximum absolute atomic E-state index is 13.1. The molecule has 1 aliphatic heterocycles. The van der Waals surface area contributed by atoms with Crippen molar-refractivity contribution in [3.05, 3.63) is 48.6 Å². The van der Waals surface area contributed by atoms with Crippen LogP contribution in [0.1, 0.15) is 406 Å². The molecule has 1 saturated heterocycles. The van der Waals surface area contributed by atoms with Gasteiger partial charge in [-0.15, -0.1) is 0 Å². The first kappa shape index (κ1) is 89.6. The first-order chi connectivity index (χ1) is 46.2. The molecule has 552 valence electrons. The van der Waals surface area contributed by atoms with Gasteiger partial charge in [0.25, 0.3) is 0 Å². The minimum atomic E-state index is -1.58. The van der Waals surface area contributed by atoms with Crippen molar-refractivity contribution in [2.75, 3.05) is 19.8 Å². The molecule has 6 N–H and O–H groups in total. The number of aliphatic hydroxyl groups excluding tert-OH is 5. The zero-order valence-corrected chi connectivity index (χ0v) is 61.7. The van der Waals surface area contributed by atoms with Gasteiger partial charge in [-0.3, -0.25) is 9.59 Å². The van der Waals surface area contributed by atoms with E-state index >= 15 is 0 Å². The van der Waals surface area contributed by atoms with Crippen LogP contribution in [-0.4, -0.2) is 100 Å². The maximum atomic E-state index is 13.1. The van der Waals surface area contributed by atoms with E-state index in [4.69, 9.17) is 14.2 Å². The van der Waals surface area contributed by atoms with Crippen molar-refractivity contribution in [3.63, 3.8) is 0 Å². The quantitative estimate of drug-likeness (QED) is 0.0195. The molecule has 0 radical (unpaired) electrons. The van der Waals surface area contributed by atoms with Gasteiger partial charge in [-0.25, -0.2) is 0 Å². The normalized spacial score (nSPS) is 17.6. The molecule has 7 atom stereocenters. The molecule has 0 bridgehead atoms. The first-order valence-electron chi connectivity index (χ1n) is 40.9. The second-order valence-corrected chi connectivity index (χ2v) is 28.5. The highest BCUT2D eigenvalue weighted by Gasteiger charge is 2.44. The van der Waals surface area contributed by atoms with Crippen LogP contribution in [0.4, 0.5) is 0 Å². The number of allylic oxidation sites excluding steroid dienone is 7. The molecule has 1 amide bonds. The molecule has 1 aliphatic rings. The summed E-state index contributed by atoms with van der Waals surface area (Å²) < 4.78 is 16.8. The number of aliphatic hydroxyl groups is 5. The van der Waals surface area contributed by atoms with Crippen LogP contribution in [0.5, 0.6) is 0 Å². The van der Waals surface area contributed by atoms with Crippen molar-refractivity contribution >= 4 is 11.9 Å². The second kappa shape index (κ2) is 71.9. The van der Waals surface area contributed by atoms with Gasteiger partial charge in [0.05, 0.1) is 32.0 Å². The van der Waals surface area contributed by atoms with Gasteiger partial charge in [-0.2, -0.15) is 0 Å². The first-order valence-corrected chi connectivity index (χ1v) is 40.9. The average Bonchev–Trinajstić information content (AvgIpc) is 0.831. The number of unbranched alkanes of at least 4 members (excludes halogenated alkanes) is 53. The predicted octanol–water partition coefficient (Wildman–Crippen LogP) is 22.3. The minimum absolute atomic E-state index is 0.0177. The fourth-order valence-electron chi connectivity index (χ4n) is 13.0. The lowest BCUT2D eigenvalue weighted by Gasteiger charge is -2.40. The molecular weight excluding hydrogens is 1170 g/mol. The van der Waals surface area contributed by atoms with E-state index in [0.29, 0.717) is 19.4 Å². The lowest BCUT2D eigenvalue weighted by molar-refractivity contribution is -0.302. The van der Waals surface area contributed by atoms with Gasteiger partial charge in [-0.05, 0) is 83.5 Å². The number of hydrogen-bond acceptors (Lipinski definition) is 10. The zero-order chi connectivity index (χ0) is 67.9. The van der Waals surface area contributed by atoms with Crippen molar-refractivity contribution in [2.45, 2.75) is 448 Å². The number of esters is 1. The summed E-state index contributed by atoms with van der Waals surface area (Å²) in [7, 11) is 0. The Bertz CT molecular complexity index is 1700. The van der Waals surface area contributed by atoms with Crippen LogP contribution in [0.2, 0.25) is 0 Å². The number of hydrogen-bond donors (Lipinski definition) is 6. The Morgan fingerprint density at radius 3 is 1.05 bits per heavy atom. The van der Waals surface area contributed by atoms with Crippen molar-refractivity contribution in [1.82, 2.24) is 5.32 Å². The van der Waals surface area contributed by atoms with Gasteiger partial charge >= 0.3 is 5.97 Å². The highest BCUT2D eigenvalue weighted by molar-refractivity contribution is 5.76. The van der Waals surface area contributed by atoms with Gasteiger partial charge in [0.1, 0.15) is 24.4 Å². The number of rotatable bonds is 73. The Kier molecular flexibility index (Phi) is 68.5. The molecule has 1 rings (SSSR count). The van der Waals surface area contributed by atoms with Gasteiger partial charge in [-0.1, -0.05) is 358 Å². The van der Waals surface area contributed by atoms with E-state index in [0.717, 1.165) is 64.2 Å². The number of amides is 1. The summed E-state index contributed by atoms with van der Waals surface area (Å²) in [5, 5.41) is 54.6. The van der Waals surface area contributed by atoms with Crippen LogP contribution < -0.4 is 5.32 Å². The molecule has 11 heteroatoms. The molecule has 0 aliphatic carbocycles. The highest BCUT2D eigenvalue weighted by atomic mass is 16.7. The number of carbonyl (C=O) groups is 2. The average molecular weight is 1330 g/mol. The van der Waals surface area contributed by atoms with Crippen molar-refractivity contribution < 1.29 is 49.3 Å². The summed E-state index contributed by atoms with van der Waals surface area (Å²) in [6, 6.07) is -0.832. The Labute approximate surface area is 580 Å². The number of ether oxygens (including phenoxy) is 3. The second-order valence-electron chi connectivity index (χ2n) is 28.5. The van der Waals surface area contributed by atoms with E-state index < -0.39 is 49.5 Å². The monoisotopic (exact) mass is 1330 g/mol. The minimum Gasteiger partial charge on any atom is -0.466 e. The van der Waals surface area contributed by atoms with Gasteiger partial charge in [0.15, 0.2) is 6.29 Å². The highest BCUT2D eigenvalue weighted by Crippen LogP contribution is 2.24. The summed E-state index contributed by atoms with van der Waals surface area (Å²) in [4.78, 5) is 25.2. The van der Waals surface area contributed by atoms with Crippen LogP contribution in [0, 0.1) is 0 Å². The van der Waals surface area contributed by atoms with Crippen molar-refractivity contribution in [3.8, 4) is 0 Å². The Morgan fingerprint density at radius 1 is 0.383 bits per heavy atom.